The van der Waals surface area contributed by atoms with Gasteiger partial charge in [0, 0.05) is 11.5 Å². The van der Waals surface area contributed by atoms with Crippen molar-refractivity contribution in [1.82, 2.24) is 19.9 Å². The van der Waals surface area contributed by atoms with Crippen molar-refractivity contribution >= 4 is 33.5 Å². The number of hydrogen-bond donors (Lipinski definition) is 0. The molecule has 1 fully saturated rings. The van der Waals surface area contributed by atoms with E-state index in [4.69, 9.17) is 0 Å². The summed E-state index contributed by atoms with van der Waals surface area (Å²) in [4.78, 5) is 21.5. The van der Waals surface area contributed by atoms with E-state index in [0.717, 1.165) is 0 Å². The molecule has 3 unspecified atom stereocenters. The average molecular weight is 411 g/mol. The summed E-state index contributed by atoms with van der Waals surface area (Å²) in [5.41, 5.74) is -0.974. The smallest absolute Gasteiger partial charge is 0.177 e. The standard InChI is InChI=1S/C21H5N11/c1-8-15-14-16-18(29-10(3-23)9(2-22)28-16)20-19(30-11(4-24)12(5-25)31-20)17(14)32-13(6-26)21(8,15)7-27/h8,15H,1H3. The Morgan fingerprint density at radius 2 is 1.12 bits per heavy atom. The van der Waals surface area contributed by atoms with Crippen molar-refractivity contribution in [3.05, 3.63) is 28.3 Å². The zero-order valence-corrected chi connectivity index (χ0v) is 16.1. The maximum Gasteiger partial charge on any atom is 0.177 e. The fourth-order valence-corrected chi connectivity index (χ4v) is 4.46. The van der Waals surface area contributed by atoms with Crippen LogP contribution in [0.25, 0.3) is 22.1 Å². The van der Waals surface area contributed by atoms with Crippen LogP contribution in [0.2, 0.25) is 0 Å². The maximum atomic E-state index is 9.89. The normalized spacial score (nSPS) is 22.0. The minimum absolute atomic E-state index is 0.0115. The molecule has 0 radical (unpaired) electrons. The van der Waals surface area contributed by atoms with Crippen molar-refractivity contribution in [3.63, 3.8) is 0 Å². The Kier molecular flexibility index (Phi) is 3.48. The van der Waals surface area contributed by atoms with E-state index in [-0.39, 0.29) is 62.2 Å². The second kappa shape index (κ2) is 6.01. The van der Waals surface area contributed by atoms with Gasteiger partial charge in [-0.05, 0) is 5.92 Å². The van der Waals surface area contributed by atoms with Crippen LogP contribution in [0.1, 0.15) is 41.2 Å². The van der Waals surface area contributed by atoms with Crippen LogP contribution < -0.4 is 0 Å². The van der Waals surface area contributed by atoms with Gasteiger partial charge in [-0.2, -0.15) is 31.6 Å². The number of aliphatic imine (C=N–C) groups is 1. The van der Waals surface area contributed by atoms with Crippen LogP contribution in [0.3, 0.4) is 0 Å². The van der Waals surface area contributed by atoms with Gasteiger partial charge in [0.25, 0.3) is 0 Å². The van der Waals surface area contributed by atoms with E-state index in [2.05, 4.69) is 31.0 Å². The molecular weight excluding hydrogens is 406 g/mol. The lowest BCUT2D eigenvalue weighted by atomic mass is 9.90. The third-order valence-electron chi connectivity index (χ3n) is 5.99. The van der Waals surface area contributed by atoms with E-state index in [9.17, 15) is 31.6 Å². The monoisotopic (exact) mass is 411 g/mol. The SMILES string of the molecule is CC1C2c3c(c4nc(C#N)c(C#N)nc4c4nc(C#N)c(C#N)nc34)N=C(C#N)C12C#N. The van der Waals surface area contributed by atoms with Crippen molar-refractivity contribution < 1.29 is 0 Å². The molecule has 3 atom stereocenters. The van der Waals surface area contributed by atoms with Crippen LogP contribution >= 0.6 is 0 Å². The molecule has 0 bridgehead atoms. The number of nitriles is 6. The summed E-state index contributed by atoms with van der Waals surface area (Å²) in [6.07, 6.45) is 0. The molecule has 0 spiro atoms. The van der Waals surface area contributed by atoms with E-state index in [0.29, 0.717) is 5.56 Å². The minimum Gasteiger partial charge on any atom is -0.238 e. The van der Waals surface area contributed by atoms with Crippen LogP contribution in [0.5, 0.6) is 0 Å². The van der Waals surface area contributed by atoms with Gasteiger partial charge in [0.15, 0.2) is 22.8 Å². The minimum atomic E-state index is -1.15. The van der Waals surface area contributed by atoms with Crippen molar-refractivity contribution in [3.8, 4) is 36.4 Å². The molecule has 0 saturated heterocycles. The van der Waals surface area contributed by atoms with Gasteiger partial charge in [0.05, 0.1) is 17.3 Å². The van der Waals surface area contributed by atoms with Gasteiger partial charge < -0.3 is 0 Å². The largest absolute Gasteiger partial charge is 0.238 e. The first-order valence-electron chi connectivity index (χ1n) is 9.10. The molecule has 1 aliphatic carbocycles. The molecule has 11 nitrogen and oxygen atoms in total. The fraction of sp³-hybridized carbons (Fsp3) is 0.190. The number of fused-ring (bicyclic) bond motifs is 8. The second-order valence-electron chi connectivity index (χ2n) is 7.26. The fourth-order valence-electron chi connectivity index (χ4n) is 4.46. The maximum absolute atomic E-state index is 9.89. The lowest BCUT2D eigenvalue weighted by Gasteiger charge is -2.19. The Morgan fingerprint density at radius 3 is 1.59 bits per heavy atom. The lowest BCUT2D eigenvalue weighted by Crippen LogP contribution is -2.19. The second-order valence-corrected chi connectivity index (χ2v) is 7.26. The van der Waals surface area contributed by atoms with Crippen molar-refractivity contribution in [2.75, 3.05) is 0 Å². The van der Waals surface area contributed by atoms with Gasteiger partial charge >= 0.3 is 0 Å². The third-order valence-corrected chi connectivity index (χ3v) is 5.99. The number of benzene rings is 1. The van der Waals surface area contributed by atoms with Crippen molar-refractivity contribution in [2.24, 2.45) is 16.3 Å². The molecule has 144 valence electrons. The highest BCUT2D eigenvalue weighted by molar-refractivity contribution is 6.17. The quantitative estimate of drug-likeness (QED) is 0.490. The van der Waals surface area contributed by atoms with E-state index in [1.54, 1.807) is 13.0 Å². The summed E-state index contributed by atoms with van der Waals surface area (Å²) in [6.45, 7) is 1.80. The summed E-state index contributed by atoms with van der Waals surface area (Å²) in [7, 11) is 0. The zero-order valence-electron chi connectivity index (χ0n) is 16.1. The summed E-state index contributed by atoms with van der Waals surface area (Å²) in [5, 5.41) is 57.2. The van der Waals surface area contributed by atoms with Crippen LogP contribution in [0.15, 0.2) is 4.99 Å². The summed E-state index contributed by atoms with van der Waals surface area (Å²) >= 11 is 0. The number of rotatable bonds is 0. The van der Waals surface area contributed by atoms with Gasteiger partial charge in [-0.1, -0.05) is 6.92 Å². The van der Waals surface area contributed by atoms with Crippen LogP contribution in [-0.2, 0) is 0 Å². The predicted molar refractivity (Wildman–Crippen MR) is 104 cm³/mol. The summed E-state index contributed by atoms with van der Waals surface area (Å²) < 4.78 is 0. The van der Waals surface area contributed by atoms with Crippen molar-refractivity contribution in [1.29, 1.82) is 31.6 Å². The van der Waals surface area contributed by atoms with Gasteiger partial charge in [-0.15, -0.1) is 0 Å². The average Bonchev–Trinajstić information content (AvgIpc) is 3.46. The van der Waals surface area contributed by atoms with Gasteiger partial charge in [0.2, 0.25) is 0 Å². The topological polar surface area (TPSA) is 207 Å². The van der Waals surface area contributed by atoms with Crippen LogP contribution in [0.4, 0.5) is 5.69 Å². The molecule has 3 aromatic rings. The third kappa shape index (κ3) is 1.94. The molecule has 0 amide bonds. The Bertz CT molecular complexity index is 1720. The predicted octanol–water partition coefficient (Wildman–Crippen LogP) is 1.91. The van der Waals surface area contributed by atoms with E-state index >= 15 is 0 Å². The molecule has 2 aromatic heterocycles. The van der Waals surface area contributed by atoms with Crippen LogP contribution in [-0.4, -0.2) is 25.6 Å². The van der Waals surface area contributed by atoms with E-state index < -0.39 is 11.3 Å². The first kappa shape index (κ1) is 18.5. The Balaban J connectivity index is 2.09. The molecular formula is C21H5N11. The summed E-state index contributed by atoms with van der Waals surface area (Å²) in [6, 6.07) is 11.5. The Morgan fingerprint density at radius 1 is 0.656 bits per heavy atom. The van der Waals surface area contributed by atoms with Gasteiger partial charge in [0.1, 0.15) is 58.0 Å². The highest BCUT2D eigenvalue weighted by Crippen LogP contribution is 2.70. The molecule has 1 aliphatic heterocycles. The highest BCUT2D eigenvalue weighted by atomic mass is 15.0. The first-order chi connectivity index (χ1) is 15.5. The molecule has 1 saturated carbocycles. The molecule has 32 heavy (non-hydrogen) atoms. The first-order valence-corrected chi connectivity index (χ1v) is 9.10. The Labute approximate surface area is 179 Å². The molecule has 3 heterocycles. The van der Waals surface area contributed by atoms with Crippen LogP contribution in [0, 0.1) is 79.3 Å². The molecule has 0 N–H and O–H groups in total. The van der Waals surface area contributed by atoms with Gasteiger partial charge in [-0.25, -0.2) is 24.9 Å². The number of hydrogen-bond acceptors (Lipinski definition) is 11. The lowest BCUT2D eigenvalue weighted by molar-refractivity contribution is 0.805. The highest BCUT2D eigenvalue weighted by Gasteiger charge is 2.70. The molecule has 2 aliphatic rings. The summed E-state index contributed by atoms with van der Waals surface area (Å²) in [5.74, 6) is -0.754. The van der Waals surface area contributed by atoms with E-state index in [1.165, 1.54) is 0 Å². The van der Waals surface area contributed by atoms with Gasteiger partial charge in [-0.3, -0.25) is 0 Å². The molecule has 11 heteroatoms. The number of nitrogens with zero attached hydrogens (tertiary/aromatic N) is 11. The molecule has 5 rings (SSSR count). The Hall–Kier alpha value is -5.49. The molecule has 1 aromatic carbocycles. The van der Waals surface area contributed by atoms with E-state index in [1.807, 2.05) is 24.3 Å². The zero-order chi connectivity index (χ0) is 22.8. The van der Waals surface area contributed by atoms with Crippen molar-refractivity contribution in [2.45, 2.75) is 12.8 Å². The number of aromatic nitrogens is 4.